The maximum absolute atomic E-state index is 12.7. The number of ether oxygens (including phenoxy) is 2. The number of hydrogen-bond donors (Lipinski definition) is 0. The van der Waals surface area contributed by atoms with Crippen molar-refractivity contribution < 1.29 is 13.9 Å². The molecule has 0 aliphatic carbocycles. The smallest absolute Gasteiger partial charge is 0.261 e. The molecule has 0 radical (unpaired) electrons. The zero-order chi connectivity index (χ0) is 20.3. The summed E-state index contributed by atoms with van der Waals surface area (Å²) >= 11 is 0. The average molecular weight is 384 g/mol. The Hall–Kier alpha value is -2.73. The van der Waals surface area contributed by atoms with Gasteiger partial charge in [-0.25, -0.2) is 0 Å². The molecule has 0 bridgehead atoms. The van der Waals surface area contributed by atoms with E-state index < -0.39 is 0 Å². The fourth-order valence-electron chi connectivity index (χ4n) is 3.47. The summed E-state index contributed by atoms with van der Waals surface area (Å²) in [7, 11) is 4.97. The van der Waals surface area contributed by atoms with Crippen LogP contribution in [0.4, 0.5) is 0 Å². The zero-order valence-corrected chi connectivity index (χ0v) is 17.2. The van der Waals surface area contributed by atoms with Crippen LogP contribution in [0.3, 0.4) is 0 Å². The molecule has 0 N–H and O–H groups in total. The van der Waals surface area contributed by atoms with Gasteiger partial charge in [0.1, 0.15) is 11.3 Å². The molecule has 3 rings (SSSR count). The van der Waals surface area contributed by atoms with Gasteiger partial charge in [-0.1, -0.05) is 19.9 Å². The number of nitrogens with zero attached hydrogens (tertiary/aromatic N) is 2. The van der Waals surface area contributed by atoms with Crippen molar-refractivity contribution in [3.05, 3.63) is 46.6 Å². The van der Waals surface area contributed by atoms with Crippen LogP contribution in [-0.2, 0) is 13.6 Å². The predicted octanol–water partition coefficient (Wildman–Crippen LogP) is 4.05. The van der Waals surface area contributed by atoms with Gasteiger partial charge in [0.2, 0.25) is 0 Å². The maximum Gasteiger partial charge on any atom is 0.261 e. The van der Waals surface area contributed by atoms with Gasteiger partial charge in [0.05, 0.1) is 26.2 Å². The Kier molecular flexibility index (Phi) is 6.09. The summed E-state index contributed by atoms with van der Waals surface area (Å²) in [6, 6.07) is 7.57. The van der Waals surface area contributed by atoms with Crippen molar-refractivity contribution in [3.63, 3.8) is 0 Å². The molecular formula is C22H28N2O4. The monoisotopic (exact) mass is 384 g/mol. The molecule has 0 fully saturated rings. The van der Waals surface area contributed by atoms with Gasteiger partial charge in [-0.05, 0) is 43.3 Å². The van der Waals surface area contributed by atoms with Crippen LogP contribution in [0.25, 0.3) is 22.1 Å². The van der Waals surface area contributed by atoms with Crippen LogP contribution in [-0.4, -0.2) is 36.8 Å². The highest BCUT2D eigenvalue weighted by atomic mass is 16.5. The van der Waals surface area contributed by atoms with E-state index in [2.05, 4.69) is 18.7 Å². The van der Waals surface area contributed by atoms with Crippen LogP contribution in [0.1, 0.15) is 26.0 Å². The Bertz CT molecular complexity index is 1020. The van der Waals surface area contributed by atoms with Crippen molar-refractivity contribution in [3.8, 4) is 22.6 Å². The molecule has 0 aliphatic rings. The van der Waals surface area contributed by atoms with Crippen LogP contribution >= 0.6 is 0 Å². The third-order valence-corrected chi connectivity index (χ3v) is 4.96. The lowest BCUT2D eigenvalue weighted by atomic mass is 10.1. The molecule has 0 spiro atoms. The van der Waals surface area contributed by atoms with Crippen molar-refractivity contribution in [1.82, 2.24) is 9.47 Å². The van der Waals surface area contributed by atoms with Crippen molar-refractivity contribution in [1.29, 1.82) is 0 Å². The van der Waals surface area contributed by atoms with Crippen LogP contribution in [0.5, 0.6) is 11.5 Å². The molecule has 6 nitrogen and oxygen atoms in total. The van der Waals surface area contributed by atoms with Gasteiger partial charge >= 0.3 is 0 Å². The summed E-state index contributed by atoms with van der Waals surface area (Å²) < 4.78 is 18.5. The van der Waals surface area contributed by atoms with Gasteiger partial charge in [-0.2, -0.15) is 0 Å². The molecule has 0 saturated heterocycles. The molecule has 6 heteroatoms. The van der Waals surface area contributed by atoms with Gasteiger partial charge in [0, 0.05) is 18.8 Å². The fraction of sp³-hybridized carbons (Fsp3) is 0.409. The number of hydrogen-bond acceptors (Lipinski definition) is 5. The van der Waals surface area contributed by atoms with E-state index in [0.717, 1.165) is 36.4 Å². The number of benzene rings is 1. The van der Waals surface area contributed by atoms with Crippen LogP contribution in [0.2, 0.25) is 0 Å². The van der Waals surface area contributed by atoms with Crippen molar-refractivity contribution in [2.24, 2.45) is 7.05 Å². The number of aryl methyl sites for hydroxylation is 1. The molecule has 28 heavy (non-hydrogen) atoms. The first kappa shape index (κ1) is 20.0. The lowest BCUT2D eigenvalue weighted by Gasteiger charge is -2.17. The lowest BCUT2D eigenvalue weighted by Crippen LogP contribution is -2.23. The summed E-state index contributed by atoms with van der Waals surface area (Å²) in [4.78, 5) is 15.0. The van der Waals surface area contributed by atoms with Crippen molar-refractivity contribution >= 4 is 11.0 Å². The molecule has 0 saturated carbocycles. The maximum atomic E-state index is 12.7. The lowest BCUT2D eigenvalue weighted by molar-refractivity contribution is 0.259. The van der Waals surface area contributed by atoms with E-state index in [1.807, 2.05) is 30.5 Å². The molecule has 3 aromatic rings. The Labute approximate surface area is 165 Å². The highest BCUT2D eigenvalue weighted by molar-refractivity contribution is 5.92. The quantitative estimate of drug-likeness (QED) is 0.586. The van der Waals surface area contributed by atoms with E-state index in [9.17, 15) is 4.79 Å². The van der Waals surface area contributed by atoms with Gasteiger partial charge in [0.15, 0.2) is 11.5 Å². The van der Waals surface area contributed by atoms with E-state index in [-0.39, 0.29) is 5.56 Å². The van der Waals surface area contributed by atoms with Crippen LogP contribution < -0.4 is 15.0 Å². The standard InChI is InChI=1S/C22H28N2O4/c1-6-10-24(7-2)13-16-12-17-21(28-16)18(14-23(3)22(17)25)15-8-9-19(26-4)20(11-15)27-5/h8-9,11-12,14H,6-7,10,13H2,1-5H3. The minimum absolute atomic E-state index is 0.0623. The van der Waals surface area contributed by atoms with E-state index >= 15 is 0 Å². The fourth-order valence-corrected chi connectivity index (χ4v) is 3.47. The largest absolute Gasteiger partial charge is 0.493 e. The summed E-state index contributed by atoms with van der Waals surface area (Å²) in [6.45, 7) is 6.91. The minimum Gasteiger partial charge on any atom is -0.493 e. The van der Waals surface area contributed by atoms with Crippen molar-refractivity contribution in [2.75, 3.05) is 27.3 Å². The Morgan fingerprint density at radius 1 is 1.11 bits per heavy atom. The first-order valence-electron chi connectivity index (χ1n) is 9.59. The van der Waals surface area contributed by atoms with E-state index in [1.54, 1.807) is 25.8 Å². The summed E-state index contributed by atoms with van der Waals surface area (Å²) in [5.74, 6) is 2.09. The average Bonchev–Trinajstić information content (AvgIpc) is 3.13. The Balaban J connectivity index is 2.13. The molecule has 0 amide bonds. The van der Waals surface area contributed by atoms with Crippen LogP contribution in [0, 0.1) is 0 Å². The highest BCUT2D eigenvalue weighted by Crippen LogP contribution is 2.35. The number of furan rings is 1. The van der Waals surface area contributed by atoms with E-state index in [4.69, 9.17) is 13.9 Å². The predicted molar refractivity (Wildman–Crippen MR) is 111 cm³/mol. The Morgan fingerprint density at radius 3 is 2.50 bits per heavy atom. The summed E-state index contributed by atoms with van der Waals surface area (Å²) in [6.07, 6.45) is 2.88. The molecular weight excluding hydrogens is 356 g/mol. The van der Waals surface area contributed by atoms with Gasteiger partial charge in [-0.15, -0.1) is 0 Å². The third-order valence-electron chi connectivity index (χ3n) is 4.96. The first-order valence-corrected chi connectivity index (χ1v) is 9.59. The summed E-state index contributed by atoms with van der Waals surface area (Å²) in [5.41, 5.74) is 2.30. The normalized spacial score (nSPS) is 11.4. The number of pyridine rings is 1. The number of methoxy groups -OCH3 is 2. The third kappa shape index (κ3) is 3.78. The molecule has 0 unspecified atom stereocenters. The Morgan fingerprint density at radius 2 is 1.86 bits per heavy atom. The second kappa shape index (κ2) is 8.52. The highest BCUT2D eigenvalue weighted by Gasteiger charge is 2.17. The molecule has 2 aromatic heterocycles. The second-order valence-electron chi connectivity index (χ2n) is 6.85. The zero-order valence-electron chi connectivity index (χ0n) is 17.2. The molecule has 1 aromatic carbocycles. The number of rotatable bonds is 8. The van der Waals surface area contributed by atoms with Gasteiger partial charge in [-0.3, -0.25) is 9.69 Å². The van der Waals surface area contributed by atoms with E-state index in [0.29, 0.717) is 29.0 Å². The molecule has 0 atom stereocenters. The SMILES string of the molecule is CCCN(CC)Cc1cc2c(=O)n(C)cc(-c3ccc(OC)c(OC)c3)c2o1. The molecule has 150 valence electrons. The topological polar surface area (TPSA) is 56.8 Å². The van der Waals surface area contributed by atoms with Gasteiger partial charge in [0.25, 0.3) is 5.56 Å². The minimum atomic E-state index is -0.0623. The van der Waals surface area contributed by atoms with Crippen LogP contribution in [0.15, 0.2) is 39.7 Å². The molecule has 0 aliphatic heterocycles. The van der Waals surface area contributed by atoms with Crippen molar-refractivity contribution in [2.45, 2.75) is 26.8 Å². The number of fused-ring (bicyclic) bond motifs is 1. The first-order chi connectivity index (χ1) is 13.5. The van der Waals surface area contributed by atoms with E-state index in [1.165, 1.54) is 0 Å². The van der Waals surface area contributed by atoms with Gasteiger partial charge < -0.3 is 18.5 Å². The summed E-state index contributed by atoms with van der Waals surface area (Å²) in [5, 5.41) is 0.595. The number of aromatic nitrogens is 1. The second-order valence-corrected chi connectivity index (χ2v) is 6.85. The molecule has 2 heterocycles.